The fourth-order valence-corrected chi connectivity index (χ4v) is 1.04. The van der Waals surface area contributed by atoms with Crippen LogP contribution in [0.2, 0.25) is 5.02 Å². The van der Waals surface area contributed by atoms with Gasteiger partial charge in [-0.05, 0) is 18.1 Å². The van der Waals surface area contributed by atoms with Gasteiger partial charge in [0.1, 0.15) is 5.69 Å². The van der Waals surface area contributed by atoms with Crippen molar-refractivity contribution >= 4 is 27.5 Å². The van der Waals surface area contributed by atoms with E-state index in [9.17, 15) is 0 Å². The Labute approximate surface area is 85.3 Å². The first-order valence-corrected chi connectivity index (χ1v) is 5.00. The fourth-order valence-electron chi connectivity index (χ4n) is 0.671. The third-order valence-electron chi connectivity index (χ3n) is 1.18. The van der Waals surface area contributed by atoms with Gasteiger partial charge < -0.3 is 0 Å². The monoisotopic (exact) mass is 243 g/mol. The Morgan fingerprint density at radius 1 is 1.58 bits per heavy atom. The first kappa shape index (κ1) is 9.57. The Hall–Kier alpha value is -0.520. The molecule has 0 radical (unpaired) electrons. The Morgan fingerprint density at radius 2 is 2.42 bits per heavy atom. The van der Waals surface area contributed by atoms with E-state index in [0.717, 1.165) is 11.8 Å². The summed E-state index contributed by atoms with van der Waals surface area (Å²) in [5, 5.41) is 1.49. The largest absolute Gasteiger partial charge is 0.246 e. The minimum absolute atomic E-state index is 0.611. The molecular weight excluding hydrogens is 237 g/mol. The summed E-state index contributed by atoms with van der Waals surface area (Å²) in [6, 6.07) is 3.57. The Kier molecular flexibility index (Phi) is 4.13. The van der Waals surface area contributed by atoms with Crippen LogP contribution in [0.3, 0.4) is 0 Å². The van der Waals surface area contributed by atoms with Gasteiger partial charge in [-0.2, -0.15) is 0 Å². The summed E-state index contributed by atoms with van der Waals surface area (Å²) in [5.74, 6) is 5.84. The van der Waals surface area contributed by atoms with Crippen LogP contribution < -0.4 is 0 Å². The minimum Gasteiger partial charge on any atom is -0.246 e. The summed E-state index contributed by atoms with van der Waals surface area (Å²) in [6.45, 7) is 0. The zero-order chi connectivity index (χ0) is 8.81. The maximum atomic E-state index is 5.83. The van der Waals surface area contributed by atoms with E-state index in [1.54, 1.807) is 18.3 Å². The van der Waals surface area contributed by atoms with Gasteiger partial charge in [-0.25, -0.2) is 4.98 Å². The Morgan fingerprint density at radius 3 is 3.08 bits per heavy atom. The summed E-state index contributed by atoms with van der Waals surface area (Å²) >= 11 is 9.11. The molecule has 1 heterocycles. The lowest BCUT2D eigenvalue weighted by atomic mass is 10.3. The summed E-state index contributed by atoms with van der Waals surface area (Å²) < 4.78 is 0. The van der Waals surface area contributed by atoms with Gasteiger partial charge in [0.2, 0.25) is 0 Å². The quantitative estimate of drug-likeness (QED) is 0.547. The molecule has 0 atom stereocenters. The normalized spacial score (nSPS) is 8.83. The number of nitrogens with zero attached hydrogens (tertiary/aromatic N) is 1. The lowest BCUT2D eigenvalue weighted by Gasteiger charge is -1.90. The highest BCUT2D eigenvalue weighted by molar-refractivity contribution is 9.09. The van der Waals surface area contributed by atoms with Crippen LogP contribution in [-0.2, 0) is 0 Å². The second-order valence-corrected chi connectivity index (χ2v) is 3.27. The van der Waals surface area contributed by atoms with Gasteiger partial charge in [-0.15, -0.1) is 0 Å². The number of rotatable bonds is 1. The van der Waals surface area contributed by atoms with Crippen molar-refractivity contribution in [1.82, 2.24) is 4.98 Å². The smallest absolute Gasteiger partial charge is 0.131 e. The molecule has 0 saturated carbocycles. The van der Waals surface area contributed by atoms with Crippen molar-refractivity contribution in [3.63, 3.8) is 0 Å². The van der Waals surface area contributed by atoms with E-state index in [1.807, 2.05) is 0 Å². The summed E-state index contributed by atoms with van der Waals surface area (Å²) in [7, 11) is 0. The first-order valence-electron chi connectivity index (χ1n) is 3.50. The second-order valence-electron chi connectivity index (χ2n) is 2.07. The number of aromatic nitrogens is 1. The van der Waals surface area contributed by atoms with Crippen LogP contribution in [0, 0.1) is 11.8 Å². The van der Waals surface area contributed by atoms with Gasteiger partial charge >= 0.3 is 0 Å². The molecule has 0 bridgehead atoms. The van der Waals surface area contributed by atoms with Gasteiger partial charge in [-0.3, -0.25) is 0 Å². The Balaban J connectivity index is 2.77. The van der Waals surface area contributed by atoms with Crippen molar-refractivity contribution in [2.75, 3.05) is 5.33 Å². The molecule has 0 aliphatic rings. The van der Waals surface area contributed by atoms with Crippen LogP contribution in [0.1, 0.15) is 12.1 Å². The highest BCUT2D eigenvalue weighted by Crippen LogP contribution is 2.10. The highest BCUT2D eigenvalue weighted by atomic mass is 79.9. The molecule has 1 nitrogen and oxygen atoms in total. The molecule has 1 rings (SSSR count). The van der Waals surface area contributed by atoms with E-state index in [-0.39, 0.29) is 0 Å². The number of pyridine rings is 1. The third-order valence-corrected chi connectivity index (χ3v) is 1.89. The molecular formula is C9H7BrClN. The fraction of sp³-hybridized carbons (Fsp3) is 0.222. The second kappa shape index (κ2) is 5.18. The molecule has 0 aliphatic heterocycles. The zero-order valence-corrected chi connectivity index (χ0v) is 8.69. The predicted molar refractivity (Wildman–Crippen MR) is 54.5 cm³/mol. The topological polar surface area (TPSA) is 12.9 Å². The molecule has 3 heteroatoms. The lowest BCUT2D eigenvalue weighted by Crippen LogP contribution is -1.81. The zero-order valence-electron chi connectivity index (χ0n) is 6.35. The molecule has 0 amide bonds. The molecule has 0 spiro atoms. The standard InChI is InChI=1S/C9H7BrClN/c10-6-2-1-5-9-8(11)4-3-7-12-9/h3-4,7H,2,6H2. The van der Waals surface area contributed by atoms with E-state index in [1.165, 1.54) is 0 Å². The van der Waals surface area contributed by atoms with Crippen LogP contribution in [0.15, 0.2) is 18.3 Å². The molecule has 0 unspecified atom stereocenters. The maximum Gasteiger partial charge on any atom is 0.131 e. The van der Waals surface area contributed by atoms with Crippen molar-refractivity contribution in [2.45, 2.75) is 6.42 Å². The van der Waals surface area contributed by atoms with Gasteiger partial charge in [0.05, 0.1) is 5.02 Å². The average Bonchev–Trinajstić information content (AvgIpc) is 2.09. The van der Waals surface area contributed by atoms with E-state index in [4.69, 9.17) is 11.6 Å². The molecule has 62 valence electrons. The van der Waals surface area contributed by atoms with Crippen LogP contribution in [0.5, 0.6) is 0 Å². The lowest BCUT2D eigenvalue weighted by molar-refractivity contribution is 1.27. The van der Waals surface area contributed by atoms with Crippen LogP contribution >= 0.6 is 27.5 Å². The van der Waals surface area contributed by atoms with E-state index < -0.39 is 0 Å². The molecule has 1 aromatic heterocycles. The van der Waals surface area contributed by atoms with Crippen LogP contribution in [0.25, 0.3) is 0 Å². The third kappa shape index (κ3) is 2.84. The highest BCUT2D eigenvalue weighted by Gasteiger charge is 1.93. The summed E-state index contributed by atoms with van der Waals surface area (Å²) in [5.41, 5.74) is 0.653. The van der Waals surface area contributed by atoms with Crippen molar-refractivity contribution in [3.8, 4) is 11.8 Å². The maximum absolute atomic E-state index is 5.83. The van der Waals surface area contributed by atoms with Crippen LogP contribution in [-0.4, -0.2) is 10.3 Å². The summed E-state index contributed by atoms with van der Waals surface area (Å²) in [6.07, 6.45) is 2.50. The van der Waals surface area contributed by atoms with E-state index in [0.29, 0.717) is 10.7 Å². The van der Waals surface area contributed by atoms with Gasteiger partial charge in [0, 0.05) is 17.9 Å². The number of halogens is 2. The molecule has 0 fully saturated rings. The summed E-state index contributed by atoms with van der Waals surface area (Å²) in [4.78, 5) is 4.03. The number of hydrogen-bond acceptors (Lipinski definition) is 1. The van der Waals surface area contributed by atoms with Crippen LogP contribution in [0.4, 0.5) is 0 Å². The number of alkyl halides is 1. The minimum atomic E-state index is 0.611. The molecule has 12 heavy (non-hydrogen) atoms. The van der Waals surface area contributed by atoms with Gasteiger partial charge in [-0.1, -0.05) is 33.5 Å². The average molecular weight is 245 g/mol. The van der Waals surface area contributed by atoms with Crippen molar-refractivity contribution < 1.29 is 0 Å². The number of hydrogen-bond donors (Lipinski definition) is 0. The Bertz CT molecular complexity index is 314. The molecule has 0 saturated heterocycles. The van der Waals surface area contributed by atoms with Crippen molar-refractivity contribution in [2.24, 2.45) is 0 Å². The van der Waals surface area contributed by atoms with E-state index in [2.05, 4.69) is 32.8 Å². The first-order chi connectivity index (χ1) is 5.84. The van der Waals surface area contributed by atoms with Crippen molar-refractivity contribution in [1.29, 1.82) is 0 Å². The predicted octanol–water partition coefficient (Wildman–Crippen LogP) is 2.87. The molecule has 0 N–H and O–H groups in total. The van der Waals surface area contributed by atoms with Crippen molar-refractivity contribution in [3.05, 3.63) is 29.0 Å². The molecule has 0 aromatic carbocycles. The SMILES string of the molecule is Clc1cccnc1C#CCCBr. The molecule has 0 aliphatic carbocycles. The molecule has 1 aromatic rings. The van der Waals surface area contributed by atoms with Gasteiger partial charge in [0.25, 0.3) is 0 Å². The van der Waals surface area contributed by atoms with Gasteiger partial charge in [0.15, 0.2) is 0 Å². The van der Waals surface area contributed by atoms with E-state index >= 15 is 0 Å².